The van der Waals surface area contributed by atoms with E-state index < -0.39 is 0 Å². The number of hydrogen-bond acceptors (Lipinski definition) is 1. The second-order valence-corrected chi connectivity index (χ2v) is 4.57. The van der Waals surface area contributed by atoms with Crippen LogP contribution < -0.4 is 5.32 Å². The summed E-state index contributed by atoms with van der Waals surface area (Å²) in [7, 11) is 0. The van der Waals surface area contributed by atoms with Gasteiger partial charge < -0.3 is 5.32 Å². The van der Waals surface area contributed by atoms with Gasteiger partial charge in [-0.05, 0) is 49.9 Å². The first-order valence-electron chi connectivity index (χ1n) is 5.24. The first-order valence-corrected chi connectivity index (χ1v) is 5.62. The van der Waals surface area contributed by atoms with Crippen LogP contribution in [0.25, 0.3) is 0 Å². The maximum absolute atomic E-state index is 5.98. The molecule has 1 aromatic carbocycles. The zero-order valence-electron chi connectivity index (χ0n) is 8.46. The zero-order valence-corrected chi connectivity index (χ0v) is 9.22. The molecule has 1 aliphatic heterocycles. The van der Waals surface area contributed by atoms with E-state index in [1.807, 2.05) is 12.1 Å². The zero-order chi connectivity index (χ0) is 9.97. The molecule has 14 heavy (non-hydrogen) atoms. The topological polar surface area (TPSA) is 12.0 Å². The van der Waals surface area contributed by atoms with Gasteiger partial charge in [-0.1, -0.05) is 23.7 Å². The highest BCUT2D eigenvalue weighted by Gasteiger charge is 2.19. The number of nitrogens with one attached hydrogen (secondary N) is 1. The summed E-state index contributed by atoms with van der Waals surface area (Å²) in [5.74, 6) is 0.685. The van der Waals surface area contributed by atoms with Crippen molar-refractivity contribution in [2.75, 3.05) is 6.54 Å². The predicted molar refractivity (Wildman–Crippen MR) is 60.9 cm³/mol. The van der Waals surface area contributed by atoms with Crippen molar-refractivity contribution in [1.29, 1.82) is 0 Å². The quantitative estimate of drug-likeness (QED) is 0.749. The van der Waals surface area contributed by atoms with E-state index in [1.165, 1.54) is 18.4 Å². The Bertz CT molecular complexity index is 311. The van der Waals surface area contributed by atoms with E-state index in [4.69, 9.17) is 11.6 Å². The molecular formula is C12H16ClN. The van der Waals surface area contributed by atoms with Crippen LogP contribution in [0.3, 0.4) is 0 Å². The van der Waals surface area contributed by atoms with Gasteiger partial charge in [0.15, 0.2) is 0 Å². The molecule has 1 saturated heterocycles. The predicted octanol–water partition coefficient (Wildman–Crippen LogP) is 3.20. The van der Waals surface area contributed by atoms with Gasteiger partial charge in [0.1, 0.15) is 0 Å². The summed E-state index contributed by atoms with van der Waals surface area (Å²) in [5.41, 5.74) is 1.39. The summed E-state index contributed by atoms with van der Waals surface area (Å²) in [4.78, 5) is 0. The normalized spacial score (nSPS) is 27.6. The molecule has 1 fully saturated rings. The summed E-state index contributed by atoms with van der Waals surface area (Å²) >= 11 is 5.98. The molecule has 0 bridgehead atoms. The van der Waals surface area contributed by atoms with Gasteiger partial charge in [-0.25, -0.2) is 0 Å². The van der Waals surface area contributed by atoms with Gasteiger partial charge in [-0.3, -0.25) is 0 Å². The molecule has 0 aromatic heterocycles. The minimum Gasteiger partial charge on any atom is -0.314 e. The Morgan fingerprint density at radius 1 is 1.43 bits per heavy atom. The van der Waals surface area contributed by atoms with Crippen LogP contribution in [0.15, 0.2) is 24.3 Å². The Hall–Kier alpha value is -0.530. The van der Waals surface area contributed by atoms with Gasteiger partial charge in [0.2, 0.25) is 0 Å². The SMILES string of the molecule is CC1CC(c2cccc(Cl)c2)CCN1. The summed E-state index contributed by atoms with van der Waals surface area (Å²) in [6.07, 6.45) is 2.45. The van der Waals surface area contributed by atoms with Crippen LogP contribution in [0.4, 0.5) is 0 Å². The molecule has 0 aliphatic carbocycles. The van der Waals surface area contributed by atoms with E-state index in [0.717, 1.165) is 11.6 Å². The van der Waals surface area contributed by atoms with E-state index in [1.54, 1.807) is 0 Å². The lowest BCUT2D eigenvalue weighted by molar-refractivity contribution is 0.381. The highest BCUT2D eigenvalue weighted by molar-refractivity contribution is 6.30. The third-order valence-corrected chi connectivity index (χ3v) is 3.18. The van der Waals surface area contributed by atoms with E-state index >= 15 is 0 Å². The molecule has 2 rings (SSSR count). The molecule has 76 valence electrons. The van der Waals surface area contributed by atoms with E-state index in [9.17, 15) is 0 Å². The summed E-state index contributed by atoms with van der Waals surface area (Å²) < 4.78 is 0. The molecule has 1 aliphatic rings. The molecule has 0 radical (unpaired) electrons. The van der Waals surface area contributed by atoms with Crippen LogP contribution in [0.2, 0.25) is 5.02 Å². The van der Waals surface area contributed by atoms with Crippen molar-refractivity contribution in [3.8, 4) is 0 Å². The number of hydrogen-bond donors (Lipinski definition) is 1. The molecule has 0 saturated carbocycles. The molecule has 1 heterocycles. The summed E-state index contributed by atoms with van der Waals surface area (Å²) in [6, 6.07) is 8.91. The van der Waals surface area contributed by atoms with Crippen LogP contribution >= 0.6 is 11.6 Å². The van der Waals surface area contributed by atoms with Gasteiger partial charge in [0.25, 0.3) is 0 Å². The van der Waals surface area contributed by atoms with Crippen molar-refractivity contribution in [3.63, 3.8) is 0 Å². The summed E-state index contributed by atoms with van der Waals surface area (Å²) in [6.45, 7) is 3.37. The van der Waals surface area contributed by atoms with Gasteiger partial charge in [0.05, 0.1) is 0 Å². The minimum absolute atomic E-state index is 0.632. The fraction of sp³-hybridized carbons (Fsp3) is 0.500. The lowest BCUT2D eigenvalue weighted by Gasteiger charge is -2.28. The lowest BCUT2D eigenvalue weighted by Crippen LogP contribution is -2.34. The van der Waals surface area contributed by atoms with Gasteiger partial charge in [-0.2, -0.15) is 0 Å². The van der Waals surface area contributed by atoms with Crippen molar-refractivity contribution >= 4 is 11.6 Å². The maximum Gasteiger partial charge on any atom is 0.0408 e. The molecule has 0 amide bonds. The molecule has 0 spiro atoms. The van der Waals surface area contributed by atoms with Crippen molar-refractivity contribution in [3.05, 3.63) is 34.9 Å². The van der Waals surface area contributed by atoms with Gasteiger partial charge in [0, 0.05) is 11.1 Å². The molecule has 1 N–H and O–H groups in total. The van der Waals surface area contributed by atoms with Gasteiger partial charge in [-0.15, -0.1) is 0 Å². The Balaban J connectivity index is 2.14. The Kier molecular flexibility index (Phi) is 3.09. The number of benzene rings is 1. The molecule has 2 heteroatoms. The van der Waals surface area contributed by atoms with E-state index in [0.29, 0.717) is 12.0 Å². The Morgan fingerprint density at radius 2 is 2.29 bits per heavy atom. The Morgan fingerprint density at radius 3 is 3.00 bits per heavy atom. The second-order valence-electron chi connectivity index (χ2n) is 4.13. The standard InChI is InChI=1S/C12H16ClN/c1-9-7-11(5-6-14-9)10-3-2-4-12(13)8-10/h2-4,8-9,11,14H,5-7H2,1H3. The smallest absolute Gasteiger partial charge is 0.0408 e. The fourth-order valence-corrected chi connectivity index (χ4v) is 2.39. The highest BCUT2D eigenvalue weighted by atomic mass is 35.5. The van der Waals surface area contributed by atoms with Crippen molar-refractivity contribution < 1.29 is 0 Å². The average Bonchev–Trinajstić information content (AvgIpc) is 2.18. The third kappa shape index (κ3) is 2.28. The largest absolute Gasteiger partial charge is 0.314 e. The van der Waals surface area contributed by atoms with Crippen molar-refractivity contribution in [2.24, 2.45) is 0 Å². The molecule has 2 unspecified atom stereocenters. The van der Waals surface area contributed by atoms with E-state index in [-0.39, 0.29) is 0 Å². The Labute approximate surface area is 90.5 Å². The molecule has 2 atom stereocenters. The van der Waals surface area contributed by atoms with Crippen LogP contribution in [-0.4, -0.2) is 12.6 Å². The average molecular weight is 210 g/mol. The van der Waals surface area contributed by atoms with Crippen LogP contribution in [0.5, 0.6) is 0 Å². The number of halogens is 1. The molecule has 1 nitrogen and oxygen atoms in total. The summed E-state index contributed by atoms with van der Waals surface area (Å²) in [5, 5.41) is 4.32. The van der Waals surface area contributed by atoms with Crippen LogP contribution in [-0.2, 0) is 0 Å². The molecule has 1 aromatic rings. The van der Waals surface area contributed by atoms with E-state index in [2.05, 4.69) is 24.4 Å². The second kappa shape index (κ2) is 4.33. The number of rotatable bonds is 1. The van der Waals surface area contributed by atoms with Crippen molar-refractivity contribution in [2.45, 2.75) is 31.7 Å². The first kappa shape index (κ1) is 10.0. The number of piperidine rings is 1. The fourth-order valence-electron chi connectivity index (χ4n) is 2.20. The highest BCUT2D eigenvalue weighted by Crippen LogP contribution is 2.28. The lowest BCUT2D eigenvalue weighted by atomic mass is 9.87. The molecular weight excluding hydrogens is 194 g/mol. The van der Waals surface area contributed by atoms with Crippen LogP contribution in [0, 0.1) is 0 Å². The third-order valence-electron chi connectivity index (χ3n) is 2.94. The maximum atomic E-state index is 5.98. The minimum atomic E-state index is 0.632. The first-order chi connectivity index (χ1) is 6.75. The van der Waals surface area contributed by atoms with Gasteiger partial charge >= 0.3 is 0 Å². The monoisotopic (exact) mass is 209 g/mol. The van der Waals surface area contributed by atoms with Crippen molar-refractivity contribution in [1.82, 2.24) is 5.32 Å². The van der Waals surface area contributed by atoms with Crippen LogP contribution in [0.1, 0.15) is 31.2 Å².